The highest BCUT2D eigenvalue weighted by atomic mass is 35.5. The number of nitrogens with zero attached hydrogens (tertiary/aromatic N) is 3. The van der Waals surface area contributed by atoms with Gasteiger partial charge in [-0.3, -0.25) is 0 Å². The molecule has 0 saturated heterocycles. The number of hydrogen-bond donors (Lipinski definition) is 1. The van der Waals surface area contributed by atoms with Crippen molar-refractivity contribution in [1.82, 2.24) is 9.97 Å². The molecule has 0 aliphatic carbocycles. The Morgan fingerprint density at radius 2 is 1.81 bits per heavy atom. The van der Waals surface area contributed by atoms with Crippen LogP contribution in [0.2, 0.25) is 5.02 Å². The molecular weight excluding hydrogens is 344 g/mol. The zero-order valence-corrected chi connectivity index (χ0v) is 15.7. The summed E-state index contributed by atoms with van der Waals surface area (Å²) in [5.41, 5.74) is 5.69. The van der Waals surface area contributed by atoms with Crippen molar-refractivity contribution in [2.45, 2.75) is 26.8 Å². The highest BCUT2D eigenvalue weighted by Gasteiger charge is 2.18. The molecule has 0 unspecified atom stereocenters. The van der Waals surface area contributed by atoms with Crippen LogP contribution in [-0.2, 0) is 13.0 Å². The SMILES string of the molecule is Cc1cc(Nc2ccc(C)c(Cl)c2)nc(N2CCc3ccccc3C2)n1. The molecule has 0 atom stereocenters. The van der Waals surface area contributed by atoms with Gasteiger partial charge in [0.1, 0.15) is 5.82 Å². The molecule has 4 rings (SSSR count). The highest BCUT2D eigenvalue weighted by molar-refractivity contribution is 6.31. The van der Waals surface area contributed by atoms with Crippen molar-refractivity contribution in [3.05, 3.63) is 75.9 Å². The van der Waals surface area contributed by atoms with E-state index in [1.54, 1.807) is 0 Å². The maximum atomic E-state index is 6.23. The molecule has 1 aliphatic heterocycles. The lowest BCUT2D eigenvalue weighted by Gasteiger charge is -2.29. The van der Waals surface area contributed by atoms with Gasteiger partial charge in [0, 0.05) is 35.6 Å². The quantitative estimate of drug-likeness (QED) is 0.705. The van der Waals surface area contributed by atoms with Crippen molar-refractivity contribution in [1.29, 1.82) is 0 Å². The first-order chi connectivity index (χ1) is 12.6. The van der Waals surface area contributed by atoms with Crippen LogP contribution in [-0.4, -0.2) is 16.5 Å². The number of anilines is 3. The predicted molar refractivity (Wildman–Crippen MR) is 107 cm³/mol. The van der Waals surface area contributed by atoms with Crippen LogP contribution in [0.1, 0.15) is 22.4 Å². The van der Waals surface area contributed by atoms with Crippen LogP contribution in [0.5, 0.6) is 0 Å². The zero-order chi connectivity index (χ0) is 18.1. The number of aryl methyl sites for hydroxylation is 2. The molecule has 0 spiro atoms. The van der Waals surface area contributed by atoms with Gasteiger partial charge < -0.3 is 10.2 Å². The average Bonchev–Trinajstić information content (AvgIpc) is 2.64. The third kappa shape index (κ3) is 3.51. The molecule has 0 saturated carbocycles. The molecule has 0 bridgehead atoms. The van der Waals surface area contributed by atoms with Gasteiger partial charge in [0.15, 0.2) is 0 Å². The fraction of sp³-hybridized carbons (Fsp3) is 0.238. The molecule has 2 aromatic carbocycles. The Morgan fingerprint density at radius 1 is 1.00 bits per heavy atom. The normalized spacial score (nSPS) is 13.4. The molecule has 1 aliphatic rings. The number of fused-ring (bicyclic) bond motifs is 1. The zero-order valence-electron chi connectivity index (χ0n) is 15.0. The Morgan fingerprint density at radius 3 is 2.62 bits per heavy atom. The largest absolute Gasteiger partial charge is 0.340 e. The minimum atomic E-state index is 0.744. The molecule has 3 aromatic rings. The lowest BCUT2D eigenvalue weighted by molar-refractivity contribution is 0.706. The molecule has 0 fully saturated rings. The standard InChI is InChI=1S/C21H21ClN4/c1-14-7-8-18(12-19(14)22)24-20-11-15(2)23-21(25-20)26-10-9-16-5-3-4-6-17(16)13-26/h3-8,11-12H,9-10,13H2,1-2H3,(H,23,24,25). The Balaban J connectivity index is 1.59. The fourth-order valence-corrected chi connectivity index (χ4v) is 3.42. The molecular formula is C21H21ClN4. The fourth-order valence-electron chi connectivity index (χ4n) is 3.24. The van der Waals surface area contributed by atoms with Gasteiger partial charge >= 0.3 is 0 Å². The van der Waals surface area contributed by atoms with E-state index in [0.717, 1.165) is 53.2 Å². The van der Waals surface area contributed by atoms with Crippen LogP contribution in [0.25, 0.3) is 0 Å². The third-order valence-electron chi connectivity index (χ3n) is 4.70. The van der Waals surface area contributed by atoms with Gasteiger partial charge in [-0.2, -0.15) is 4.98 Å². The highest BCUT2D eigenvalue weighted by Crippen LogP contribution is 2.26. The first-order valence-electron chi connectivity index (χ1n) is 8.79. The third-order valence-corrected chi connectivity index (χ3v) is 5.11. The summed E-state index contributed by atoms with van der Waals surface area (Å²) >= 11 is 6.23. The summed E-state index contributed by atoms with van der Waals surface area (Å²) in [6.45, 7) is 5.76. The van der Waals surface area contributed by atoms with Crippen molar-refractivity contribution in [3.63, 3.8) is 0 Å². The van der Waals surface area contributed by atoms with E-state index in [-0.39, 0.29) is 0 Å². The molecule has 0 amide bonds. The lowest BCUT2D eigenvalue weighted by Crippen LogP contribution is -2.32. The first kappa shape index (κ1) is 16.9. The maximum absolute atomic E-state index is 6.23. The van der Waals surface area contributed by atoms with E-state index in [1.807, 2.05) is 38.1 Å². The van der Waals surface area contributed by atoms with E-state index in [1.165, 1.54) is 11.1 Å². The van der Waals surface area contributed by atoms with Gasteiger partial charge in [0.2, 0.25) is 5.95 Å². The van der Waals surface area contributed by atoms with Gasteiger partial charge in [-0.05, 0) is 49.1 Å². The number of rotatable bonds is 3. The summed E-state index contributed by atoms with van der Waals surface area (Å²) in [5, 5.41) is 4.09. The summed E-state index contributed by atoms with van der Waals surface area (Å²) < 4.78 is 0. The Kier molecular flexibility index (Phi) is 4.51. The monoisotopic (exact) mass is 364 g/mol. The number of benzene rings is 2. The summed E-state index contributed by atoms with van der Waals surface area (Å²) in [5.74, 6) is 1.55. The van der Waals surface area contributed by atoms with Crippen LogP contribution in [0.15, 0.2) is 48.5 Å². The van der Waals surface area contributed by atoms with Crippen molar-refractivity contribution in [2.24, 2.45) is 0 Å². The molecule has 0 radical (unpaired) electrons. The smallest absolute Gasteiger partial charge is 0.227 e. The van der Waals surface area contributed by atoms with Gasteiger partial charge in [-0.25, -0.2) is 4.98 Å². The minimum Gasteiger partial charge on any atom is -0.340 e. The molecule has 1 N–H and O–H groups in total. The first-order valence-corrected chi connectivity index (χ1v) is 9.17. The number of aromatic nitrogens is 2. The lowest BCUT2D eigenvalue weighted by atomic mass is 10.0. The summed E-state index contributed by atoms with van der Waals surface area (Å²) in [7, 11) is 0. The van der Waals surface area contributed by atoms with Gasteiger partial charge in [0.05, 0.1) is 0 Å². The summed E-state index contributed by atoms with van der Waals surface area (Å²) in [6.07, 6.45) is 1.02. The molecule has 1 aromatic heterocycles. The van der Waals surface area contributed by atoms with Crippen LogP contribution >= 0.6 is 11.6 Å². The molecule has 26 heavy (non-hydrogen) atoms. The minimum absolute atomic E-state index is 0.744. The average molecular weight is 365 g/mol. The second kappa shape index (κ2) is 6.96. The second-order valence-electron chi connectivity index (χ2n) is 6.72. The van der Waals surface area contributed by atoms with E-state index in [4.69, 9.17) is 16.6 Å². The van der Waals surface area contributed by atoms with Crippen LogP contribution in [0.3, 0.4) is 0 Å². The van der Waals surface area contributed by atoms with E-state index in [2.05, 4.69) is 39.5 Å². The summed E-state index contributed by atoms with van der Waals surface area (Å²) in [6, 6.07) is 16.5. The summed E-state index contributed by atoms with van der Waals surface area (Å²) in [4.78, 5) is 11.6. The molecule has 4 nitrogen and oxygen atoms in total. The molecule has 5 heteroatoms. The van der Waals surface area contributed by atoms with Gasteiger partial charge in [-0.1, -0.05) is 41.9 Å². The van der Waals surface area contributed by atoms with Crippen LogP contribution < -0.4 is 10.2 Å². The van der Waals surface area contributed by atoms with Gasteiger partial charge in [0.25, 0.3) is 0 Å². The Labute approximate surface area is 158 Å². The van der Waals surface area contributed by atoms with Gasteiger partial charge in [-0.15, -0.1) is 0 Å². The maximum Gasteiger partial charge on any atom is 0.227 e. The number of halogens is 1. The van der Waals surface area contributed by atoms with Crippen molar-refractivity contribution < 1.29 is 0 Å². The molecule has 2 heterocycles. The predicted octanol–water partition coefficient (Wildman–Crippen LogP) is 5.05. The number of hydrogen-bond acceptors (Lipinski definition) is 4. The second-order valence-corrected chi connectivity index (χ2v) is 7.13. The van der Waals surface area contributed by atoms with Crippen molar-refractivity contribution in [2.75, 3.05) is 16.8 Å². The van der Waals surface area contributed by atoms with Crippen molar-refractivity contribution >= 4 is 29.1 Å². The van der Waals surface area contributed by atoms with E-state index in [9.17, 15) is 0 Å². The van der Waals surface area contributed by atoms with E-state index < -0.39 is 0 Å². The number of nitrogens with one attached hydrogen (secondary N) is 1. The van der Waals surface area contributed by atoms with Crippen LogP contribution in [0.4, 0.5) is 17.5 Å². The van der Waals surface area contributed by atoms with Crippen LogP contribution in [0, 0.1) is 13.8 Å². The Hall–Kier alpha value is -2.59. The van der Waals surface area contributed by atoms with Crippen molar-refractivity contribution in [3.8, 4) is 0 Å². The topological polar surface area (TPSA) is 41.1 Å². The van der Waals surface area contributed by atoms with E-state index >= 15 is 0 Å². The Bertz CT molecular complexity index is 954. The van der Waals surface area contributed by atoms with E-state index in [0.29, 0.717) is 0 Å². The molecule has 132 valence electrons.